The smallest absolute Gasteiger partial charge is 0.0648 e. The van der Waals surface area contributed by atoms with Crippen LogP contribution in [0.3, 0.4) is 0 Å². The Morgan fingerprint density at radius 2 is 2.00 bits per heavy atom. The third-order valence-corrected chi connectivity index (χ3v) is 1.30. The summed E-state index contributed by atoms with van der Waals surface area (Å²) in [4.78, 5) is 0. The lowest BCUT2D eigenvalue weighted by Crippen LogP contribution is -2.10. The summed E-state index contributed by atoms with van der Waals surface area (Å²) >= 11 is 0. The van der Waals surface area contributed by atoms with Crippen LogP contribution in [0.25, 0.3) is 0 Å². The zero-order valence-corrected chi connectivity index (χ0v) is 7.26. The van der Waals surface area contributed by atoms with Gasteiger partial charge in [0.2, 0.25) is 0 Å². The molecule has 0 aliphatic heterocycles. The normalized spacial score (nSPS) is 13.6. The Labute approximate surface area is 64.1 Å². The van der Waals surface area contributed by atoms with Crippen LogP contribution in [0.1, 0.15) is 27.2 Å². The summed E-state index contributed by atoms with van der Waals surface area (Å²) in [5, 5.41) is 0. The van der Waals surface area contributed by atoms with Crippen LogP contribution < -0.4 is 0 Å². The molecule has 0 heterocycles. The summed E-state index contributed by atoms with van der Waals surface area (Å²) in [6.45, 7) is 10.8. The molecule has 0 saturated heterocycles. The van der Waals surface area contributed by atoms with Crippen LogP contribution in [0.2, 0.25) is 0 Å². The molecule has 0 aromatic rings. The van der Waals surface area contributed by atoms with Gasteiger partial charge in [-0.1, -0.05) is 19.9 Å². The van der Waals surface area contributed by atoms with Gasteiger partial charge in [-0.25, -0.2) is 0 Å². The second-order valence-corrected chi connectivity index (χ2v) is 3.06. The maximum absolute atomic E-state index is 5.38. The Morgan fingerprint density at radius 3 is 2.40 bits per heavy atom. The Kier molecular flexibility index (Phi) is 5.32. The van der Waals surface area contributed by atoms with Crippen molar-refractivity contribution in [2.45, 2.75) is 33.3 Å². The highest BCUT2D eigenvalue weighted by Crippen LogP contribution is 2.06. The molecule has 60 valence electrons. The van der Waals surface area contributed by atoms with Crippen LogP contribution in [-0.4, -0.2) is 12.7 Å². The topological polar surface area (TPSA) is 9.23 Å². The number of rotatable bonds is 5. The van der Waals surface area contributed by atoms with E-state index < -0.39 is 0 Å². The third kappa shape index (κ3) is 5.83. The quantitative estimate of drug-likeness (QED) is 0.536. The van der Waals surface area contributed by atoms with Crippen LogP contribution in [0.15, 0.2) is 12.7 Å². The SMILES string of the molecule is C=CCO[C@H](C)CC(C)C. The van der Waals surface area contributed by atoms with Crippen molar-refractivity contribution in [2.75, 3.05) is 6.61 Å². The van der Waals surface area contributed by atoms with Gasteiger partial charge in [0.15, 0.2) is 0 Å². The van der Waals surface area contributed by atoms with Gasteiger partial charge >= 0.3 is 0 Å². The summed E-state index contributed by atoms with van der Waals surface area (Å²) in [5.41, 5.74) is 0. The molecule has 1 heteroatoms. The van der Waals surface area contributed by atoms with E-state index in [2.05, 4.69) is 27.4 Å². The first-order valence-electron chi connectivity index (χ1n) is 3.89. The van der Waals surface area contributed by atoms with E-state index in [1.54, 1.807) is 6.08 Å². The molecule has 0 bridgehead atoms. The molecule has 0 saturated carbocycles. The average molecular weight is 142 g/mol. The maximum atomic E-state index is 5.38. The molecular weight excluding hydrogens is 124 g/mol. The van der Waals surface area contributed by atoms with Crippen LogP contribution in [-0.2, 0) is 4.74 Å². The van der Waals surface area contributed by atoms with E-state index in [9.17, 15) is 0 Å². The molecule has 1 atom stereocenters. The molecule has 0 N–H and O–H groups in total. The molecule has 0 aliphatic rings. The van der Waals surface area contributed by atoms with Gasteiger partial charge in [0.05, 0.1) is 12.7 Å². The summed E-state index contributed by atoms with van der Waals surface area (Å²) in [6, 6.07) is 0. The molecule has 0 radical (unpaired) electrons. The van der Waals surface area contributed by atoms with E-state index in [4.69, 9.17) is 4.74 Å². The predicted molar refractivity (Wildman–Crippen MR) is 45.1 cm³/mol. The molecule has 0 aromatic carbocycles. The monoisotopic (exact) mass is 142 g/mol. The van der Waals surface area contributed by atoms with E-state index in [-0.39, 0.29) is 0 Å². The number of hydrogen-bond acceptors (Lipinski definition) is 1. The minimum absolute atomic E-state index is 0.373. The van der Waals surface area contributed by atoms with E-state index >= 15 is 0 Å². The van der Waals surface area contributed by atoms with E-state index in [1.165, 1.54) is 0 Å². The summed E-state index contributed by atoms with van der Waals surface area (Å²) in [5.74, 6) is 0.722. The molecule has 0 spiro atoms. The lowest BCUT2D eigenvalue weighted by Gasteiger charge is -2.13. The van der Waals surface area contributed by atoms with Crippen LogP contribution in [0, 0.1) is 5.92 Å². The Hall–Kier alpha value is -0.300. The van der Waals surface area contributed by atoms with Crippen molar-refractivity contribution >= 4 is 0 Å². The van der Waals surface area contributed by atoms with Gasteiger partial charge in [-0.2, -0.15) is 0 Å². The van der Waals surface area contributed by atoms with E-state index in [0.717, 1.165) is 12.3 Å². The number of ether oxygens (including phenoxy) is 1. The molecule has 0 rings (SSSR count). The van der Waals surface area contributed by atoms with Crippen LogP contribution >= 0.6 is 0 Å². The lowest BCUT2D eigenvalue weighted by molar-refractivity contribution is 0.0726. The van der Waals surface area contributed by atoms with Crippen molar-refractivity contribution in [1.82, 2.24) is 0 Å². The molecule has 0 unspecified atom stereocenters. The zero-order chi connectivity index (χ0) is 7.98. The van der Waals surface area contributed by atoms with Crippen molar-refractivity contribution in [2.24, 2.45) is 5.92 Å². The standard InChI is InChI=1S/C9H18O/c1-5-6-10-9(4)7-8(2)3/h5,8-9H,1,6-7H2,2-4H3/t9-/m1/s1. The second-order valence-electron chi connectivity index (χ2n) is 3.06. The van der Waals surface area contributed by atoms with Gasteiger partial charge in [0.25, 0.3) is 0 Å². The maximum Gasteiger partial charge on any atom is 0.0648 e. The first-order chi connectivity index (χ1) is 4.66. The van der Waals surface area contributed by atoms with Gasteiger partial charge in [-0.05, 0) is 19.3 Å². The highest BCUT2D eigenvalue weighted by Gasteiger charge is 2.02. The molecule has 0 aromatic heterocycles. The Balaban J connectivity index is 3.24. The molecule has 1 nitrogen and oxygen atoms in total. The molecule has 10 heavy (non-hydrogen) atoms. The third-order valence-electron chi connectivity index (χ3n) is 1.30. The average Bonchev–Trinajstić information content (AvgIpc) is 1.82. The highest BCUT2D eigenvalue weighted by molar-refractivity contribution is 4.65. The summed E-state index contributed by atoms with van der Waals surface area (Å²) in [6.07, 6.45) is 3.29. The molecular formula is C9H18O. The highest BCUT2D eigenvalue weighted by atomic mass is 16.5. The van der Waals surface area contributed by atoms with Gasteiger partial charge in [0.1, 0.15) is 0 Å². The fraction of sp³-hybridized carbons (Fsp3) is 0.778. The summed E-state index contributed by atoms with van der Waals surface area (Å²) in [7, 11) is 0. The minimum Gasteiger partial charge on any atom is -0.374 e. The van der Waals surface area contributed by atoms with E-state index in [0.29, 0.717) is 12.7 Å². The van der Waals surface area contributed by atoms with Crippen molar-refractivity contribution < 1.29 is 4.74 Å². The minimum atomic E-state index is 0.373. The predicted octanol–water partition coefficient (Wildman–Crippen LogP) is 2.62. The Morgan fingerprint density at radius 1 is 1.40 bits per heavy atom. The van der Waals surface area contributed by atoms with Crippen molar-refractivity contribution in [3.8, 4) is 0 Å². The molecule has 0 amide bonds. The number of hydrogen-bond donors (Lipinski definition) is 0. The summed E-state index contributed by atoms with van der Waals surface area (Å²) < 4.78 is 5.38. The second kappa shape index (κ2) is 5.48. The molecule has 0 aliphatic carbocycles. The van der Waals surface area contributed by atoms with Crippen molar-refractivity contribution in [3.63, 3.8) is 0 Å². The van der Waals surface area contributed by atoms with Crippen molar-refractivity contribution in [1.29, 1.82) is 0 Å². The van der Waals surface area contributed by atoms with Crippen LogP contribution in [0.4, 0.5) is 0 Å². The fourth-order valence-electron chi connectivity index (χ4n) is 0.964. The Bertz CT molecular complexity index is 86.7. The fourth-order valence-corrected chi connectivity index (χ4v) is 0.964. The first-order valence-corrected chi connectivity index (χ1v) is 3.89. The van der Waals surface area contributed by atoms with Gasteiger partial charge < -0.3 is 4.74 Å². The lowest BCUT2D eigenvalue weighted by atomic mass is 10.1. The van der Waals surface area contributed by atoms with Gasteiger partial charge in [-0.15, -0.1) is 6.58 Å². The van der Waals surface area contributed by atoms with E-state index in [1.807, 2.05) is 0 Å². The first kappa shape index (κ1) is 9.70. The zero-order valence-electron chi connectivity index (χ0n) is 7.26. The van der Waals surface area contributed by atoms with Gasteiger partial charge in [0, 0.05) is 0 Å². The largest absolute Gasteiger partial charge is 0.374 e. The molecule has 0 fully saturated rings. The van der Waals surface area contributed by atoms with Gasteiger partial charge in [-0.3, -0.25) is 0 Å². The van der Waals surface area contributed by atoms with Crippen LogP contribution in [0.5, 0.6) is 0 Å². The van der Waals surface area contributed by atoms with Crippen molar-refractivity contribution in [3.05, 3.63) is 12.7 Å².